The minimum atomic E-state index is -2.47. The number of hydrogen-bond acceptors (Lipinski definition) is 2. The Morgan fingerprint density at radius 2 is 1.30 bits per heavy atom. The van der Waals surface area contributed by atoms with Gasteiger partial charge in [0.25, 0.3) is 0 Å². The van der Waals surface area contributed by atoms with Gasteiger partial charge >= 0.3 is 0 Å². The number of hydrogen-bond donors (Lipinski definition) is 1. The molecule has 124 valence electrons. The lowest BCUT2D eigenvalue weighted by atomic mass is 10.1. The van der Waals surface area contributed by atoms with E-state index in [0.717, 1.165) is 11.6 Å². The summed E-state index contributed by atoms with van der Waals surface area (Å²) in [4.78, 5) is 10.0. The number of benzene rings is 2. The molecule has 3 nitrogen and oxygen atoms in total. The molecule has 9 heteroatoms. The molecule has 0 unspecified atom stereocenters. The van der Waals surface area contributed by atoms with Crippen LogP contribution in [0.5, 0.6) is 0 Å². The summed E-state index contributed by atoms with van der Waals surface area (Å²) in [6.45, 7) is 0.831. The van der Waals surface area contributed by atoms with Crippen LogP contribution in [0.4, 0.5) is 22.0 Å². The van der Waals surface area contributed by atoms with Crippen LogP contribution in [-0.2, 0) is 6.54 Å². The fourth-order valence-electron chi connectivity index (χ4n) is 1.44. The number of aromatic carboxylic acids is 1. The van der Waals surface area contributed by atoms with E-state index in [4.69, 9.17) is 11.6 Å². The van der Waals surface area contributed by atoms with Crippen LogP contribution in [0.1, 0.15) is 15.9 Å². The maximum Gasteiger partial charge on any atom is 0.200 e. The number of halogens is 6. The molecule has 0 radical (unpaired) electrons. The Kier molecular flexibility index (Phi) is 6.47. The molecule has 0 fully saturated rings. The van der Waals surface area contributed by atoms with E-state index in [1.807, 2.05) is 24.3 Å². The zero-order valence-electron chi connectivity index (χ0n) is 11.3. The Balaban J connectivity index is 0.000000253. The summed E-state index contributed by atoms with van der Waals surface area (Å²) in [6.07, 6.45) is 0. The van der Waals surface area contributed by atoms with Crippen molar-refractivity contribution in [2.75, 3.05) is 0 Å². The first-order valence-electron chi connectivity index (χ1n) is 5.97. The number of carbonyl (C=O) groups is 1. The lowest BCUT2D eigenvalue weighted by molar-refractivity contribution is -0.386. The summed E-state index contributed by atoms with van der Waals surface area (Å²) in [5.41, 5.74) is 2.99. The predicted molar refractivity (Wildman–Crippen MR) is 68.6 cm³/mol. The van der Waals surface area contributed by atoms with Gasteiger partial charge in [-0.15, -0.1) is 0 Å². The molecule has 0 bridgehead atoms. The van der Waals surface area contributed by atoms with Gasteiger partial charge < -0.3 is 15.6 Å². The van der Waals surface area contributed by atoms with E-state index >= 15 is 0 Å². The van der Waals surface area contributed by atoms with Crippen molar-refractivity contribution in [3.63, 3.8) is 0 Å². The summed E-state index contributed by atoms with van der Waals surface area (Å²) >= 11 is 5.65. The molecule has 0 aliphatic rings. The van der Waals surface area contributed by atoms with Crippen molar-refractivity contribution in [1.29, 1.82) is 0 Å². The van der Waals surface area contributed by atoms with E-state index in [-0.39, 0.29) is 0 Å². The third kappa shape index (κ3) is 4.40. The minimum absolute atomic E-state index is 0.784. The van der Waals surface area contributed by atoms with Crippen molar-refractivity contribution in [2.24, 2.45) is 0 Å². The first-order chi connectivity index (χ1) is 10.7. The smallest absolute Gasteiger partial charge is 0.200 e. The number of carboxylic acids is 1. The first-order valence-corrected chi connectivity index (χ1v) is 6.35. The molecule has 2 aromatic carbocycles. The fourth-order valence-corrected chi connectivity index (χ4v) is 1.56. The highest BCUT2D eigenvalue weighted by molar-refractivity contribution is 6.30. The van der Waals surface area contributed by atoms with Gasteiger partial charge in [0, 0.05) is 10.6 Å². The van der Waals surface area contributed by atoms with Gasteiger partial charge in [-0.1, -0.05) is 23.7 Å². The Labute approximate surface area is 132 Å². The molecule has 0 aromatic heterocycles. The second-order valence-corrected chi connectivity index (χ2v) is 4.55. The average Bonchev–Trinajstić information content (AvgIpc) is 2.52. The SMILES string of the molecule is O=C([O-])c1c(F)c(F)c(F)c(F)c1F.[NH3+]Cc1ccc(Cl)cc1. The second-order valence-electron chi connectivity index (χ2n) is 4.11. The van der Waals surface area contributed by atoms with E-state index in [2.05, 4.69) is 5.73 Å². The standard InChI is InChI=1S/C7H8ClN.C7HF5O2/c8-7-3-1-6(5-9)2-4-7;8-2-1(7(13)14)3(9)5(11)6(12)4(2)10/h1-4H,5,9H2;(H,13,14). The largest absolute Gasteiger partial charge is 0.545 e. The average molecular weight is 354 g/mol. The predicted octanol–water partition coefficient (Wildman–Crippen LogP) is 1.83. The lowest BCUT2D eigenvalue weighted by Gasteiger charge is -2.07. The van der Waals surface area contributed by atoms with Gasteiger partial charge in [0.1, 0.15) is 0 Å². The Morgan fingerprint density at radius 3 is 1.65 bits per heavy atom. The van der Waals surface area contributed by atoms with Gasteiger partial charge in [-0.3, -0.25) is 0 Å². The van der Waals surface area contributed by atoms with Crippen LogP contribution in [0.25, 0.3) is 0 Å². The molecule has 2 aromatic rings. The highest BCUT2D eigenvalue weighted by atomic mass is 35.5. The quantitative estimate of drug-likeness (QED) is 0.508. The molecule has 0 spiro atoms. The topological polar surface area (TPSA) is 67.8 Å². The van der Waals surface area contributed by atoms with Gasteiger partial charge in [-0.25, -0.2) is 22.0 Å². The maximum absolute atomic E-state index is 12.5. The second kappa shape index (κ2) is 7.89. The molecule has 2 rings (SSSR count). The minimum Gasteiger partial charge on any atom is -0.545 e. The van der Waals surface area contributed by atoms with E-state index in [1.54, 1.807) is 0 Å². The molecule has 0 saturated carbocycles. The van der Waals surface area contributed by atoms with E-state index in [9.17, 15) is 31.9 Å². The summed E-state index contributed by atoms with van der Waals surface area (Å²) in [6, 6.07) is 7.72. The molecule has 3 N–H and O–H groups in total. The molecule has 0 heterocycles. The van der Waals surface area contributed by atoms with Crippen molar-refractivity contribution in [3.05, 3.63) is 69.5 Å². The van der Waals surface area contributed by atoms with Crippen LogP contribution >= 0.6 is 11.6 Å². The summed E-state index contributed by atoms with van der Waals surface area (Å²) in [5.74, 6) is -14.4. The fraction of sp³-hybridized carbons (Fsp3) is 0.0714. The molecule has 0 aliphatic heterocycles. The van der Waals surface area contributed by atoms with Gasteiger partial charge in [-0.05, 0) is 12.1 Å². The Morgan fingerprint density at radius 1 is 0.913 bits per heavy atom. The van der Waals surface area contributed by atoms with Crippen LogP contribution < -0.4 is 10.8 Å². The number of carbonyl (C=O) groups excluding carboxylic acids is 1. The molecular weight excluding hydrogens is 345 g/mol. The third-order valence-corrected chi connectivity index (χ3v) is 2.87. The van der Waals surface area contributed by atoms with E-state index in [1.165, 1.54) is 5.56 Å². The molecule has 0 aliphatic carbocycles. The van der Waals surface area contributed by atoms with Gasteiger partial charge in [0.05, 0.1) is 18.1 Å². The molecule has 23 heavy (non-hydrogen) atoms. The van der Waals surface area contributed by atoms with Crippen LogP contribution in [-0.4, -0.2) is 5.97 Å². The van der Waals surface area contributed by atoms with Crippen molar-refractivity contribution < 1.29 is 37.6 Å². The highest BCUT2D eigenvalue weighted by Gasteiger charge is 2.25. The number of carboxylic acid groups (broad SMARTS) is 1. The van der Waals surface area contributed by atoms with Gasteiger partial charge in [0.15, 0.2) is 23.3 Å². The molecule has 0 saturated heterocycles. The molecular formula is C14H9ClF5NO2. The van der Waals surface area contributed by atoms with E-state index in [0.29, 0.717) is 0 Å². The number of quaternary nitrogens is 1. The summed E-state index contributed by atoms with van der Waals surface area (Å²) in [7, 11) is 0. The highest BCUT2D eigenvalue weighted by Crippen LogP contribution is 2.22. The lowest BCUT2D eigenvalue weighted by Crippen LogP contribution is -2.47. The summed E-state index contributed by atoms with van der Waals surface area (Å²) < 4.78 is 62.0. The Bertz CT molecular complexity index is 693. The zero-order valence-corrected chi connectivity index (χ0v) is 12.1. The van der Waals surface area contributed by atoms with Crippen molar-refractivity contribution in [3.8, 4) is 0 Å². The van der Waals surface area contributed by atoms with E-state index < -0.39 is 40.6 Å². The van der Waals surface area contributed by atoms with Gasteiger partial charge in [-0.2, -0.15) is 0 Å². The van der Waals surface area contributed by atoms with Crippen LogP contribution in [0.2, 0.25) is 5.02 Å². The number of rotatable bonds is 2. The normalized spacial score (nSPS) is 10.0. The Hall–Kier alpha value is -2.19. The maximum atomic E-state index is 12.5. The van der Waals surface area contributed by atoms with Crippen molar-refractivity contribution in [2.45, 2.75) is 6.54 Å². The monoisotopic (exact) mass is 353 g/mol. The third-order valence-electron chi connectivity index (χ3n) is 2.62. The van der Waals surface area contributed by atoms with Crippen LogP contribution in [0.3, 0.4) is 0 Å². The van der Waals surface area contributed by atoms with Crippen molar-refractivity contribution >= 4 is 17.6 Å². The molecule has 0 amide bonds. The van der Waals surface area contributed by atoms with Crippen LogP contribution in [0, 0.1) is 29.1 Å². The zero-order chi connectivity index (χ0) is 17.7. The van der Waals surface area contributed by atoms with Crippen molar-refractivity contribution in [1.82, 2.24) is 0 Å². The summed E-state index contributed by atoms with van der Waals surface area (Å²) in [5, 5.41) is 10.8. The first kappa shape index (κ1) is 18.9. The van der Waals surface area contributed by atoms with Gasteiger partial charge in [0.2, 0.25) is 5.82 Å². The molecule has 0 atom stereocenters. The van der Waals surface area contributed by atoms with Crippen LogP contribution in [0.15, 0.2) is 24.3 Å².